The van der Waals surface area contributed by atoms with Gasteiger partial charge in [-0.25, -0.2) is 8.70 Å². The maximum Gasteiger partial charge on any atom is 0.304 e. The van der Waals surface area contributed by atoms with Gasteiger partial charge >= 0.3 is 10.2 Å². The SMILES string of the molecule is CCC(C)NC(=O)CN(c1ccccc1F)S(=O)(=O)N(C)C. The van der Waals surface area contributed by atoms with E-state index in [2.05, 4.69) is 5.32 Å². The zero-order valence-electron chi connectivity index (χ0n) is 13.2. The van der Waals surface area contributed by atoms with Crippen LogP contribution in [0.5, 0.6) is 0 Å². The lowest BCUT2D eigenvalue weighted by Crippen LogP contribution is -2.47. The Morgan fingerprint density at radius 2 is 1.91 bits per heavy atom. The average molecular weight is 331 g/mol. The van der Waals surface area contributed by atoms with E-state index in [-0.39, 0.29) is 11.7 Å². The fourth-order valence-electron chi connectivity index (χ4n) is 1.70. The molecule has 0 spiro atoms. The number of hydrogen-bond acceptors (Lipinski definition) is 3. The van der Waals surface area contributed by atoms with E-state index >= 15 is 0 Å². The molecule has 0 radical (unpaired) electrons. The summed E-state index contributed by atoms with van der Waals surface area (Å²) in [7, 11) is -1.33. The van der Waals surface area contributed by atoms with Crippen molar-refractivity contribution in [1.29, 1.82) is 0 Å². The highest BCUT2D eigenvalue weighted by Gasteiger charge is 2.29. The first-order chi connectivity index (χ1) is 10.2. The summed E-state index contributed by atoms with van der Waals surface area (Å²) in [5.41, 5.74) is -0.157. The Labute approximate surface area is 131 Å². The Balaban J connectivity index is 3.14. The molecule has 0 heterocycles. The Morgan fingerprint density at radius 3 is 2.41 bits per heavy atom. The molecule has 0 aliphatic heterocycles. The summed E-state index contributed by atoms with van der Waals surface area (Å²) in [6.07, 6.45) is 0.714. The number of amides is 1. The van der Waals surface area contributed by atoms with Gasteiger partial charge in [-0.05, 0) is 25.5 Å². The molecule has 124 valence electrons. The van der Waals surface area contributed by atoms with Gasteiger partial charge in [-0.1, -0.05) is 19.1 Å². The van der Waals surface area contributed by atoms with Crippen LogP contribution in [-0.2, 0) is 15.0 Å². The van der Waals surface area contributed by atoms with Crippen molar-refractivity contribution in [3.05, 3.63) is 30.1 Å². The predicted octanol–water partition coefficient (Wildman–Crippen LogP) is 1.35. The molecular weight excluding hydrogens is 309 g/mol. The minimum absolute atomic E-state index is 0.0861. The van der Waals surface area contributed by atoms with E-state index in [0.29, 0.717) is 6.42 Å². The number of benzene rings is 1. The summed E-state index contributed by atoms with van der Waals surface area (Å²) in [6.45, 7) is 3.23. The summed E-state index contributed by atoms with van der Waals surface area (Å²) in [5.74, 6) is -1.19. The molecule has 0 bridgehead atoms. The fourth-order valence-corrected chi connectivity index (χ4v) is 2.77. The highest BCUT2D eigenvalue weighted by atomic mass is 32.2. The summed E-state index contributed by atoms with van der Waals surface area (Å²) in [4.78, 5) is 12.0. The monoisotopic (exact) mass is 331 g/mol. The zero-order chi connectivity index (χ0) is 16.9. The average Bonchev–Trinajstić information content (AvgIpc) is 2.45. The van der Waals surface area contributed by atoms with Gasteiger partial charge in [0.05, 0.1) is 5.69 Å². The van der Waals surface area contributed by atoms with Crippen LogP contribution in [0.4, 0.5) is 10.1 Å². The smallest absolute Gasteiger partial charge is 0.304 e. The van der Waals surface area contributed by atoms with Gasteiger partial charge in [0, 0.05) is 20.1 Å². The first-order valence-electron chi connectivity index (χ1n) is 6.94. The number of nitrogens with one attached hydrogen (secondary N) is 1. The standard InChI is InChI=1S/C14H22FN3O3S/c1-5-11(2)16-14(19)10-18(22(20,21)17(3)4)13-9-7-6-8-12(13)15/h6-9,11H,5,10H2,1-4H3,(H,16,19). The molecule has 1 aromatic rings. The van der Waals surface area contributed by atoms with Crippen molar-refractivity contribution in [2.24, 2.45) is 0 Å². The third-order valence-corrected chi connectivity index (χ3v) is 4.97. The summed E-state index contributed by atoms with van der Waals surface area (Å²) < 4.78 is 40.4. The number of anilines is 1. The quantitative estimate of drug-likeness (QED) is 0.820. The van der Waals surface area contributed by atoms with Crippen LogP contribution in [-0.4, -0.2) is 45.3 Å². The number of nitrogens with zero attached hydrogens (tertiary/aromatic N) is 2. The highest BCUT2D eigenvalue weighted by Crippen LogP contribution is 2.22. The molecule has 0 fully saturated rings. The van der Waals surface area contributed by atoms with Crippen LogP contribution in [0, 0.1) is 5.82 Å². The van der Waals surface area contributed by atoms with Crippen molar-refractivity contribution in [2.45, 2.75) is 26.3 Å². The topological polar surface area (TPSA) is 69.7 Å². The van der Waals surface area contributed by atoms with E-state index in [4.69, 9.17) is 0 Å². The van der Waals surface area contributed by atoms with Crippen molar-refractivity contribution >= 4 is 21.8 Å². The Kier molecular flexibility index (Phi) is 6.31. The van der Waals surface area contributed by atoms with Crippen LogP contribution in [0.3, 0.4) is 0 Å². The predicted molar refractivity (Wildman–Crippen MR) is 84.2 cm³/mol. The first-order valence-corrected chi connectivity index (χ1v) is 8.34. The number of carbonyl (C=O) groups is 1. The second-order valence-electron chi connectivity index (χ2n) is 5.13. The molecule has 1 aromatic carbocycles. The molecule has 1 unspecified atom stereocenters. The largest absolute Gasteiger partial charge is 0.352 e. The number of para-hydroxylation sites is 1. The van der Waals surface area contributed by atoms with Crippen LogP contribution in [0.1, 0.15) is 20.3 Å². The first kappa shape index (κ1) is 18.4. The molecule has 22 heavy (non-hydrogen) atoms. The minimum atomic E-state index is -3.99. The second-order valence-corrected chi connectivity index (χ2v) is 7.19. The van der Waals surface area contributed by atoms with Gasteiger partial charge in [0.15, 0.2) is 0 Å². The van der Waals surface area contributed by atoms with Crippen LogP contribution >= 0.6 is 0 Å². The van der Waals surface area contributed by atoms with Crippen molar-refractivity contribution in [2.75, 3.05) is 24.9 Å². The number of hydrogen-bond donors (Lipinski definition) is 1. The molecule has 8 heteroatoms. The number of halogens is 1. The van der Waals surface area contributed by atoms with E-state index < -0.39 is 28.5 Å². The van der Waals surface area contributed by atoms with E-state index in [1.165, 1.54) is 32.3 Å². The van der Waals surface area contributed by atoms with Crippen LogP contribution in [0.2, 0.25) is 0 Å². The van der Waals surface area contributed by atoms with Gasteiger partial charge in [0.2, 0.25) is 5.91 Å². The van der Waals surface area contributed by atoms with E-state index in [1.807, 2.05) is 13.8 Å². The summed E-state index contributed by atoms with van der Waals surface area (Å²) in [5, 5.41) is 2.67. The molecule has 1 N–H and O–H groups in total. The zero-order valence-corrected chi connectivity index (χ0v) is 14.0. The van der Waals surface area contributed by atoms with Crippen LogP contribution in [0.15, 0.2) is 24.3 Å². The Bertz CT molecular complexity index is 620. The lowest BCUT2D eigenvalue weighted by molar-refractivity contribution is -0.120. The summed E-state index contributed by atoms with van der Waals surface area (Å²) in [6, 6.07) is 5.37. The van der Waals surface area contributed by atoms with Crippen molar-refractivity contribution in [1.82, 2.24) is 9.62 Å². The minimum Gasteiger partial charge on any atom is -0.352 e. The van der Waals surface area contributed by atoms with Gasteiger partial charge in [-0.15, -0.1) is 0 Å². The Hall–Kier alpha value is -1.67. The molecule has 0 aliphatic rings. The third-order valence-electron chi connectivity index (χ3n) is 3.17. The van der Waals surface area contributed by atoms with E-state index in [9.17, 15) is 17.6 Å². The second kappa shape index (κ2) is 7.55. The molecule has 6 nitrogen and oxygen atoms in total. The molecule has 1 amide bonds. The van der Waals surface area contributed by atoms with Crippen LogP contribution < -0.4 is 9.62 Å². The molecule has 0 saturated heterocycles. The normalized spacial score (nSPS) is 13.0. The molecule has 1 atom stereocenters. The maximum atomic E-state index is 14.0. The van der Waals surface area contributed by atoms with E-state index in [1.54, 1.807) is 0 Å². The molecule has 0 aliphatic carbocycles. The van der Waals surface area contributed by atoms with Crippen molar-refractivity contribution in [3.8, 4) is 0 Å². The van der Waals surface area contributed by atoms with Crippen LogP contribution in [0.25, 0.3) is 0 Å². The van der Waals surface area contributed by atoms with Crippen molar-refractivity contribution in [3.63, 3.8) is 0 Å². The van der Waals surface area contributed by atoms with Gasteiger partial charge < -0.3 is 5.32 Å². The van der Waals surface area contributed by atoms with Gasteiger partial charge in [0.1, 0.15) is 12.4 Å². The highest BCUT2D eigenvalue weighted by molar-refractivity contribution is 7.90. The van der Waals surface area contributed by atoms with Gasteiger partial charge in [-0.3, -0.25) is 4.79 Å². The van der Waals surface area contributed by atoms with Gasteiger partial charge in [0.25, 0.3) is 0 Å². The fraction of sp³-hybridized carbons (Fsp3) is 0.500. The molecule has 0 aromatic heterocycles. The third kappa shape index (κ3) is 4.41. The Morgan fingerprint density at radius 1 is 1.32 bits per heavy atom. The number of carbonyl (C=O) groups excluding carboxylic acids is 1. The number of rotatable bonds is 7. The lowest BCUT2D eigenvalue weighted by Gasteiger charge is -2.27. The molecule has 1 rings (SSSR count). The van der Waals surface area contributed by atoms with E-state index in [0.717, 1.165) is 14.7 Å². The lowest BCUT2D eigenvalue weighted by atomic mass is 10.2. The molecule has 0 saturated carbocycles. The van der Waals surface area contributed by atoms with Gasteiger partial charge in [-0.2, -0.15) is 12.7 Å². The molecular formula is C14H22FN3O3S. The van der Waals surface area contributed by atoms with Crippen molar-refractivity contribution < 1.29 is 17.6 Å². The summed E-state index contributed by atoms with van der Waals surface area (Å²) >= 11 is 0. The maximum absolute atomic E-state index is 14.0.